The lowest BCUT2D eigenvalue weighted by atomic mass is 10.1. The van der Waals surface area contributed by atoms with Gasteiger partial charge in [0.25, 0.3) is 0 Å². The number of hydrogen-bond donors (Lipinski definition) is 2. The fourth-order valence-corrected chi connectivity index (χ4v) is 2.49. The smallest absolute Gasteiger partial charge is 0.191 e. The molecule has 1 rings (SSSR count). The molecule has 0 fully saturated rings. The van der Waals surface area contributed by atoms with Crippen molar-refractivity contribution in [1.29, 1.82) is 0 Å². The molecule has 0 radical (unpaired) electrons. The number of rotatable bonds is 7. The zero-order chi connectivity index (χ0) is 15.7. The predicted octanol–water partition coefficient (Wildman–Crippen LogP) is 1.48. The lowest BCUT2D eigenvalue weighted by molar-refractivity contribution is 0.595. The molecular weight excluding hydrogens is 286 g/mol. The van der Waals surface area contributed by atoms with Crippen LogP contribution in [-0.2, 0) is 16.4 Å². The third-order valence-electron chi connectivity index (χ3n) is 2.99. The van der Waals surface area contributed by atoms with E-state index in [-0.39, 0.29) is 11.5 Å². The van der Waals surface area contributed by atoms with E-state index in [2.05, 4.69) is 21.7 Å². The van der Waals surface area contributed by atoms with Gasteiger partial charge in [0, 0.05) is 18.8 Å². The van der Waals surface area contributed by atoms with Gasteiger partial charge in [-0.15, -0.1) is 0 Å². The summed E-state index contributed by atoms with van der Waals surface area (Å²) < 4.78 is 22.9. The zero-order valence-electron chi connectivity index (χ0n) is 13.0. The van der Waals surface area contributed by atoms with Gasteiger partial charge in [0.15, 0.2) is 15.8 Å². The van der Waals surface area contributed by atoms with Crippen LogP contribution in [0.1, 0.15) is 25.0 Å². The van der Waals surface area contributed by atoms with Gasteiger partial charge in [-0.1, -0.05) is 36.8 Å². The third kappa shape index (κ3) is 7.13. The number of benzene rings is 1. The molecule has 0 unspecified atom stereocenters. The van der Waals surface area contributed by atoms with Crippen molar-refractivity contribution in [3.05, 3.63) is 35.4 Å². The number of hydrogen-bond acceptors (Lipinski definition) is 3. The first-order valence-corrected chi connectivity index (χ1v) is 9.07. The van der Waals surface area contributed by atoms with E-state index in [1.54, 1.807) is 6.92 Å². The number of guanidine groups is 1. The average molecular weight is 311 g/mol. The van der Waals surface area contributed by atoms with Gasteiger partial charge in [0.05, 0.1) is 12.3 Å². The van der Waals surface area contributed by atoms with Crippen LogP contribution in [0.3, 0.4) is 0 Å². The summed E-state index contributed by atoms with van der Waals surface area (Å²) in [5, 5.41) is 6.17. The Morgan fingerprint density at radius 2 is 2.00 bits per heavy atom. The minimum absolute atomic E-state index is 0.123. The number of sulfone groups is 1. The maximum atomic E-state index is 11.5. The first kappa shape index (κ1) is 17.5. The predicted molar refractivity (Wildman–Crippen MR) is 88.3 cm³/mol. The molecule has 0 spiro atoms. The second-order valence-electron chi connectivity index (χ2n) is 4.85. The minimum Gasteiger partial charge on any atom is -0.357 e. The average Bonchev–Trinajstić information content (AvgIpc) is 2.45. The highest BCUT2D eigenvalue weighted by Crippen LogP contribution is 2.04. The fraction of sp³-hybridized carbons (Fsp3) is 0.533. The molecule has 6 heteroatoms. The zero-order valence-corrected chi connectivity index (χ0v) is 13.8. The van der Waals surface area contributed by atoms with Crippen molar-refractivity contribution < 1.29 is 8.42 Å². The summed E-state index contributed by atoms with van der Waals surface area (Å²) >= 11 is 0. The molecule has 0 saturated heterocycles. The molecule has 1 aromatic carbocycles. The highest BCUT2D eigenvalue weighted by molar-refractivity contribution is 7.91. The molecule has 5 nitrogen and oxygen atoms in total. The highest BCUT2D eigenvalue weighted by Gasteiger charge is 2.07. The molecule has 0 atom stereocenters. The molecule has 0 heterocycles. The lowest BCUT2D eigenvalue weighted by Gasteiger charge is -2.11. The van der Waals surface area contributed by atoms with E-state index in [1.807, 2.05) is 32.0 Å². The maximum absolute atomic E-state index is 11.5. The Bertz CT molecular complexity index is 568. The molecule has 0 saturated carbocycles. The lowest BCUT2D eigenvalue weighted by Crippen LogP contribution is -2.39. The summed E-state index contributed by atoms with van der Waals surface area (Å²) in [5.74, 6) is 0.939. The number of nitrogens with zero attached hydrogens (tertiary/aromatic N) is 1. The Hall–Kier alpha value is -1.56. The molecule has 0 aliphatic heterocycles. The van der Waals surface area contributed by atoms with Crippen LogP contribution in [-0.4, -0.2) is 39.0 Å². The van der Waals surface area contributed by atoms with E-state index >= 15 is 0 Å². The first-order valence-electron chi connectivity index (χ1n) is 7.25. The van der Waals surface area contributed by atoms with Crippen molar-refractivity contribution in [1.82, 2.24) is 10.6 Å². The number of nitrogens with one attached hydrogen (secondary N) is 2. The summed E-state index contributed by atoms with van der Waals surface area (Å²) in [6.45, 7) is 7.36. The van der Waals surface area contributed by atoms with Gasteiger partial charge >= 0.3 is 0 Å². The molecule has 2 N–H and O–H groups in total. The Labute approximate surface area is 127 Å². The monoisotopic (exact) mass is 311 g/mol. The molecule has 0 bridgehead atoms. The minimum atomic E-state index is -2.95. The molecule has 1 aromatic rings. The Balaban J connectivity index is 2.57. The van der Waals surface area contributed by atoms with Crippen LogP contribution in [0.2, 0.25) is 0 Å². The standard InChI is InChI=1S/C15H25N3O2S/c1-4-16-15(17-9-10-21(19,20)5-2)18-12-14-8-6-7-13(3)11-14/h6-8,11H,4-5,9-10,12H2,1-3H3,(H2,16,17,18). The summed E-state index contributed by atoms with van der Waals surface area (Å²) in [7, 11) is -2.95. The van der Waals surface area contributed by atoms with Gasteiger partial charge in [-0.2, -0.15) is 0 Å². The third-order valence-corrected chi connectivity index (χ3v) is 4.70. The van der Waals surface area contributed by atoms with Crippen molar-refractivity contribution in [2.75, 3.05) is 24.6 Å². The van der Waals surface area contributed by atoms with E-state index < -0.39 is 9.84 Å². The highest BCUT2D eigenvalue weighted by atomic mass is 32.2. The topological polar surface area (TPSA) is 70.6 Å². The van der Waals surface area contributed by atoms with Gasteiger partial charge < -0.3 is 10.6 Å². The second kappa shape index (κ2) is 8.67. The molecule has 21 heavy (non-hydrogen) atoms. The second-order valence-corrected chi connectivity index (χ2v) is 7.32. The van der Waals surface area contributed by atoms with Gasteiger partial charge in [0.1, 0.15) is 0 Å². The van der Waals surface area contributed by atoms with E-state index in [0.717, 1.165) is 12.1 Å². The molecular formula is C15H25N3O2S. The summed E-state index contributed by atoms with van der Waals surface area (Å²) in [5.41, 5.74) is 2.34. The first-order chi connectivity index (χ1) is 9.96. The summed E-state index contributed by atoms with van der Waals surface area (Å²) in [4.78, 5) is 4.47. The quantitative estimate of drug-likeness (QED) is 0.591. The van der Waals surface area contributed by atoms with Crippen LogP contribution in [0.15, 0.2) is 29.3 Å². The van der Waals surface area contributed by atoms with Crippen LogP contribution in [0.4, 0.5) is 0 Å². The fourth-order valence-electron chi connectivity index (χ4n) is 1.79. The van der Waals surface area contributed by atoms with Crippen molar-refractivity contribution >= 4 is 15.8 Å². The number of aryl methyl sites for hydroxylation is 1. The summed E-state index contributed by atoms with van der Waals surface area (Å²) in [6.07, 6.45) is 0. The molecule has 0 amide bonds. The van der Waals surface area contributed by atoms with Gasteiger partial charge in [-0.3, -0.25) is 0 Å². The summed E-state index contributed by atoms with van der Waals surface area (Å²) in [6, 6.07) is 8.18. The van der Waals surface area contributed by atoms with Crippen molar-refractivity contribution in [3.63, 3.8) is 0 Å². The van der Waals surface area contributed by atoms with Crippen LogP contribution >= 0.6 is 0 Å². The Kier molecular flexibility index (Phi) is 7.22. The number of aliphatic imine (C=N–C) groups is 1. The molecule has 0 aliphatic rings. The van der Waals surface area contributed by atoms with Crippen LogP contribution < -0.4 is 10.6 Å². The van der Waals surface area contributed by atoms with Crippen molar-refractivity contribution in [2.45, 2.75) is 27.3 Å². The van der Waals surface area contributed by atoms with E-state index in [0.29, 0.717) is 19.0 Å². The normalized spacial score (nSPS) is 12.2. The van der Waals surface area contributed by atoms with Gasteiger partial charge in [-0.25, -0.2) is 13.4 Å². The van der Waals surface area contributed by atoms with Crippen molar-refractivity contribution in [3.8, 4) is 0 Å². The van der Waals surface area contributed by atoms with E-state index in [4.69, 9.17) is 0 Å². The van der Waals surface area contributed by atoms with Crippen LogP contribution in [0, 0.1) is 6.92 Å². The van der Waals surface area contributed by atoms with E-state index in [9.17, 15) is 8.42 Å². The van der Waals surface area contributed by atoms with Crippen molar-refractivity contribution in [2.24, 2.45) is 4.99 Å². The van der Waals surface area contributed by atoms with Crippen LogP contribution in [0.5, 0.6) is 0 Å². The SMILES string of the molecule is CCNC(=NCc1cccc(C)c1)NCCS(=O)(=O)CC. The molecule has 0 aliphatic carbocycles. The van der Waals surface area contributed by atoms with E-state index in [1.165, 1.54) is 5.56 Å². The largest absolute Gasteiger partial charge is 0.357 e. The Morgan fingerprint density at radius 1 is 1.24 bits per heavy atom. The molecule has 118 valence electrons. The van der Waals surface area contributed by atoms with Gasteiger partial charge in [0.2, 0.25) is 0 Å². The maximum Gasteiger partial charge on any atom is 0.191 e. The van der Waals surface area contributed by atoms with Gasteiger partial charge in [-0.05, 0) is 19.4 Å². The van der Waals surface area contributed by atoms with Crippen LogP contribution in [0.25, 0.3) is 0 Å². The molecule has 0 aromatic heterocycles. The Morgan fingerprint density at radius 3 is 2.62 bits per heavy atom.